The van der Waals surface area contributed by atoms with E-state index in [4.69, 9.17) is 23.6 Å². The van der Waals surface area contributed by atoms with Crippen LogP contribution in [0.2, 0.25) is 0 Å². The molecule has 0 aromatic heterocycles. The molecule has 2 N–H and O–H groups in total. The molecule has 0 aromatic carbocycles. The van der Waals surface area contributed by atoms with E-state index < -0.39 is 33.0 Å². The molecular weight excluding hydrogens is 318 g/mol. The maximum Gasteiger partial charge on any atom is 0.348 e. The average Bonchev–Trinajstić information content (AvgIpc) is 2.49. The summed E-state index contributed by atoms with van der Waals surface area (Å²) in [5.41, 5.74) is -0.618. The fourth-order valence-corrected chi connectivity index (χ4v) is 4.24. The van der Waals surface area contributed by atoms with Gasteiger partial charge in [-0.15, -0.1) is 0 Å². The quantitative estimate of drug-likeness (QED) is 0.741. The summed E-state index contributed by atoms with van der Waals surface area (Å²) in [5.74, 6) is 0.775. The monoisotopic (exact) mass is 342 g/mol. The van der Waals surface area contributed by atoms with Gasteiger partial charge in [0.15, 0.2) is 0 Å². The molecule has 1 heterocycles. The highest BCUT2D eigenvalue weighted by atomic mass is 31.2. The van der Waals surface area contributed by atoms with E-state index in [2.05, 4.69) is 0 Å². The Labute approximate surface area is 125 Å². The largest absolute Gasteiger partial charge is 0.368 e. The van der Waals surface area contributed by atoms with Crippen LogP contribution in [0.15, 0.2) is 11.9 Å². The topological polar surface area (TPSA) is 102 Å². The number of rotatable bonds is 5. The van der Waals surface area contributed by atoms with E-state index in [1.54, 1.807) is 20.8 Å². The maximum absolute atomic E-state index is 12.4. The summed E-state index contributed by atoms with van der Waals surface area (Å²) in [5, 5.41) is 0. The van der Waals surface area contributed by atoms with Crippen LogP contribution in [0.1, 0.15) is 34.1 Å². The summed E-state index contributed by atoms with van der Waals surface area (Å²) in [4.78, 5) is 17.7. The van der Waals surface area contributed by atoms with Gasteiger partial charge in [-0.1, -0.05) is 0 Å². The molecule has 0 radical (unpaired) electrons. The van der Waals surface area contributed by atoms with E-state index in [-0.39, 0.29) is 6.10 Å². The van der Waals surface area contributed by atoms with Gasteiger partial charge in [0.2, 0.25) is 0 Å². The van der Waals surface area contributed by atoms with Gasteiger partial charge in [-0.05, 0) is 33.8 Å². The summed E-state index contributed by atoms with van der Waals surface area (Å²) in [6.07, 6.45) is 0.342. The SMILES string of the molecule is CC1CC(OP(C)(=O)OC(C)(C)C)C(/C=C/P(=O)(O)O)O1. The van der Waals surface area contributed by atoms with Crippen molar-refractivity contribution in [3.8, 4) is 0 Å². The highest BCUT2D eigenvalue weighted by Crippen LogP contribution is 2.51. The third-order valence-corrected chi connectivity index (χ3v) is 4.65. The van der Waals surface area contributed by atoms with Crippen molar-refractivity contribution in [1.29, 1.82) is 0 Å². The van der Waals surface area contributed by atoms with Crippen LogP contribution in [0.25, 0.3) is 0 Å². The number of ether oxygens (including phenoxy) is 1. The van der Waals surface area contributed by atoms with Crippen LogP contribution in [0.5, 0.6) is 0 Å². The third kappa shape index (κ3) is 7.71. The molecule has 4 atom stereocenters. The average molecular weight is 342 g/mol. The highest BCUT2D eigenvalue weighted by molar-refractivity contribution is 7.55. The van der Waals surface area contributed by atoms with E-state index in [1.807, 2.05) is 6.92 Å². The Hall–Kier alpha value is -0.0000000000000000694. The standard InChI is InChI=1S/C12H24O7P2/c1-9-8-11(10(17-9)6-7-21(14,15)16)18-20(5,13)19-12(2,3)4/h6-7,9-11H,8H2,1-5H3,(H2,14,15,16)/b7-6+. The molecule has 1 rings (SSSR count). The molecule has 0 aliphatic carbocycles. The molecule has 124 valence electrons. The Morgan fingerprint density at radius 3 is 2.33 bits per heavy atom. The smallest absolute Gasteiger partial charge is 0.348 e. The third-order valence-electron chi connectivity index (χ3n) is 2.56. The van der Waals surface area contributed by atoms with Crippen LogP contribution >= 0.6 is 15.2 Å². The molecule has 1 aliphatic heterocycles. The molecule has 0 spiro atoms. The van der Waals surface area contributed by atoms with Gasteiger partial charge in [0, 0.05) is 18.9 Å². The fraction of sp³-hybridized carbons (Fsp3) is 0.833. The molecular formula is C12H24O7P2. The van der Waals surface area contributed by atoms with Crippen molar-refractivity contribution in [2.45, 2.75) is 58.0 Å². The summed E-state index contributed by atoms with van der Waals surface area (Å²) in [6, 6.07) is 0. The Kier molecular flexibility index (Phi) is 6.01. The molecule has 1 fully saturated rings. The van der Waals surface area contributed by atoms with Crippen molar-refractivity contribution < 1.29 is 32.7 Å². The Morgan fingerprint density at radius 2 is 1.86 bits per heavy atom. The first-order valence-electron chi connectivity index (χ1n) is 6.64. The number of hydrogen-bond acceptors (Lipinski definition) is 5. The fourth-order valence-electron chi connectivity index (χ4n) is 2.11. The van der Waals surface area contributed by atoms with Gasteiger partial charge in [-0.3, -0.25) is 9.13 Å². The zero-order valence-corrected chi connectivity index (χ0v) is 14.7. The van der Waals surface area contributed by atoms with Crippen LogP contribution in [-0.4, -0.2) is 40.4 Å². The lowest BCUT2D eigenvalue weighted by Crippen LogP contribution is -2.24. The molecule has 0 saturated carbocycles. The van der Waals surface area contributed by atoms with Gasteiger partial charge >= 0.3 is 15.2 Å². The van der Waals surface area contributed by atoms with Crippen molar-refractivity contribution in [2.24, 2.45) is 0 Å². The maximum atomic E-state index is 12.4. The molecule has 1 aliphatic rings. The Morgan fingerprint density at radius 1 is 1.29 bits per heavy atom. The first-order chi connectivity index (χ1) is 9.27. The van der Waals surface area contributed by atoms with Gasteiger partial charge < -0.3 is 23.6 Å². The van der Waals surface area contributed by atoms with Crippen molar-refractivity contribution in [2.75, 3.05) is 6.66 Å². The first-order valence-corrected chi connectivity index (χ1v) is 10.3. The van der Waals surface area contributed by atoms with E-state index in [9.17, 15) is 9.13 Å². The second-order valence-corrected chi connectivity index (χ2v) is 9.61. The van der Waals surface area contributed by atoms with E-state index in [0.29, 0.717) is 6.42 Å². The van der Waals surface area contributed by atoms with Crippen molar-refractivity contribution >= 4 is 15.2 Å². The molecule has 0 amide bonds. The predicted molar refractivity (Wildman–Crippen MR) is 79.4 cm³/mol. The Balaban J connectivity index is 2.78. The normalized spacial score (nSPS) is 30.7. The van der Waals surface area contributed by atoms with Crippen LogP contribution in [0, 0.1) is 0 Å². The minimum absolute atomic E-state index is 0.156. The second-order valence-electron chi connectivity index (χ2n) is 6.20. The van der Waals surface area contributed by atoms with Gasteiger partial charge in [0.05, 0.1) is 17.8 Å². The Bertz CT molecular complexity index is 476. The molecule has 7 nitrogen and oxygen atoms in total. The lowest BCUT2D eigenvalue weighted by molar-refractivity contribution is 0.0364. The van der Waals surface area contributed by atoms with Gasteiger partial charge in [-0.25, -0.2) is 0 Å². The molecule has 1 saturated heterocycles. The van der Waals surface area contributed by atoms with Crippen molar-refractivity contribution in [3.63, 3.8) is 0 Å². The van der Waals surface area contributed by atoms with Gasteiger partial charge in [0.25, 0.3) is 0 Å². The van der Waals surface area contributed by atoms with E-state index >= 15 is 0 Å². The van der Waals surface area contributed by atoms with Gasteiger partial charge in [-0.2, -0.15) is 0 Å². The van der Waals surface area contributed by atoms with E-state index in [1.165, 1.54) is 12.7 Å². The van der Waals surface area contributed by atoms with Crippen LogP contribution in [0.4, 0.5) is 0 Å². The van der Waals surface area contributed by atoms with Crippen molar-refractivity contribution in [3.05, 3.63) is 11.9 Å². The zero-order chi connectivity index (χ0) is 16.5. The van der Waals surface area contributed by atoms with Gasteiger partial charge in [0.1, 0.15) is 6.10 Å². The lowest BCUT2D eigenvalue weighted by atomic mass is 10.1. The summed E-state index contributed by atoms with van der Waals surface area (Å²) in [7, 11) is -7.56. The summed E-state index contributed by atoms with van der Waals surface area (Å²) in [6.45, 7) is 8.50. The molecule has 21 heavy (non-hydrogen) atoms. The van der Waals surface area contributed by atoms with Crippen LogP contribution in [-0.2, 0) is 22.9 Å². The molecule has 0 aromatic rings. The minimum atomic E-state index is -4.27. The zero-order valence-electron chi connectivity index (χ0n) is 12.9. The highest BCUT2D eigenvalue weighted by Gasteiger charge is 2.38. The minimum Gasteiger partial charge on any atom is -0.368 e. The first kappa shape index (κ1) is 19.0. The lowest BCUT2D eigenvalue weighted by Gasteiger charge is -2.27. The molecule has 0 bridgehead atoms. The summed E-state index contributed by atoms with van der Waals surface area (Å²) >= 11 is 0. The molecule has 4 unspecified atom stereocenters. The van der Waals surface area contributed by atoms with E-state index in [0.717, 1.165) is 5.82 Å². The molecule has 9 heteroatoms. The van der Waals surface area contributed by atoms with Crippen molar-refractivity contribution in [1.82, 2.24) is 0 Å². The van der Waals surface area contributed by atoms with Crippen LogP contribution < -0.4 is 0 Å². The predicted octanol–water partition coefficient (Wildman–Crippen LogP) is 2.88. The summed E-state index contributed by atoms with van der Waals surface area (Å²) < 4.78 is 39.7. The number of hydrogen-bond donors (Lipinski definition) is 2. The van der Waals surface area contributed by atoms with Crippen LogP contribution in [0.3, 0.4) is 0 Å². The second kappa shape index (κ2) is 6.63.